The molecule has 0 radical (unpaired) electrons. The van der Waals surface area contributed by atoms with Crippen LogP contribution in [0.5, 0.6) is 0 Å². The molecule has 3 N–H and O–H groups in total. The van der Waals surface area contributed by atoms with Gasteiger partial charge in [0.15, 0.2) is 0 Å². The van der Waals surface area contributed by atoms with Crippen LogP contribution >= 0.6 is 0 Å². The lowest BCUT2D eigenvalue weighted by molar-refractivity contribution is 0.274. The molecule has 0 saturated heterocycles. The van der Waals surface area contributed by atoms with Crippen LogP contribution < -0.4 is 11.1 Å². The maximum absolute atomic E-state index is 5.78. The lowest BCUT2D eigenvalue weighted by Crippen LogP contribution is -2.17. The monoisotopic (exact) mass is 262 g/mol. The summed E-state index contributed by atoms with van der Waals surface area (Å²) in [5.74, 6) is 4.02. The minimum absolute atomic E-state index is 0.556. The lowest BCUT2D eigenvalue weighted by Gasteiger charge is -2.26. The van der Waals surface area contributed by atoms with E-state index in [0.717, 1.165) is 36.4 Å². The molecular formula is C15H26N4. The van der Waals surface area contributed by atoms with Crippen LogP contribution in [-0.2, 0) is 6.42 Å². The maximum atomic E-state index is 5.78. The number of nitrogens with two attached hydrogens (primary N) is 1. The lowest BCUT2D eigenvalue weighted by atomic mass is 9.81. The number of nitrogen functional groups attached to an aromatic ring is 1. The summed E-state index contributed by atoms with van der Waals surface area (Å²) < 4.78 is 0. The van der Waals surface area contributed by atoms with Crippen molar-refractivity contribution in [1.29, 1.82) is 0 Å². The fourth-order valence-corrected chi connectivity index (χ4v) is 2.99. The van der Waals surface area contributed by atoms with E-state index >= 15 is 0 Å². The number of hydrogen-bond acceptors (Lipinski definition) is 4. The van der Waals surface area contributed by atoms with Gasteiger partial charge in [-0.25, -0.2) is 9.97 Å². The Balaban J connectivity index is 1.80. The minimum atomic E-state index is 0.556. The van der Waals surface area contributed by atoms with Crippen LogP contribution in [0.4, 0.5) is 11.6 Å². The van der Waals surface area contributed by atoms with Gasteiger partial charge in [-0.1, -0.05) is 33.1 Å². The Kier molecular flexibility index (Phi) is 5.00. The van der Waals surface area contributed by atoms with Gasteiger partial charge in [0.1, 0.15) is 17.5 Å². The topological polar surface area (TPSA) is 63.8 Å². The highest BCUT2D eigenvalue weighted by Gasteiger charge is 2.18. The summed E-state index contributed by atoms with van der Waals surface area (Å²) in [6.07, 6.45) is 7.63. The third-order valence-corrected chi connectivity index (χ3v) is 4.01. The van der Waals surface area contributed by atoms with Gasteiger partial charge in [-0.15, -0.1) is 0 Å². The molecule has 1 aromatic heterocycles. The molecule has 0 spiro atoms. The van der Waals surface area contributed by atoms with Crippen LogP contribution in [0.2, 0.25) is 0 Å². The predicted molar refractivity (Wildman–Crippen MR) is 80.1 cm³/mol. The SMILES string of the molecule is CCc1nc(N)cc(NCCC2CCCC(C)C2)n1. The van der Waals surface area contributed by atoms with Crippen molar-refractivity contribution in [1.82, 2.24) is 9.97 Å². The first-order valence-electron chi connectivity index (χ1n) is 7.54. The standard InChI is InChI=1S/C15H26N4/c1-3-14-18-13(16)10-15(19-14)17-8-7-12-6-4-5-11(2)9-12/h10-12H,3-9H2,1-2H3,(H3,16,17,18,19). The fraction of sp³-hybridized carbons (Fsp3) is 0.733. The van der Waals surface area contributed by atoms with Crippen LogP contribution in [0.25, 0.3) is 0 Å². The van der Waals surface area contributed by atoms with E-state index in [1.165, 1.54) is 32.1 Å². The average Bonchev–Trinajstić information content (AvgIpc) is 2.38. The van der Waals surface area contributed by atoms with Gasteiger partial charge in [-0.2, -0.15) is 0 Å². The molecule has 0 aromatic carbocycles. The van der Waals surface area contributed by atoms with Gasteiger partial charge in [0.2, 0.25) is 0 Å². The predicted octanol–water partition coefficient (Wildman–Crippen LogP) is 3.25. The zero-order valence-electron chi connectivity index (χ0n) is 12.2. The number of rotatable bonds is 5. The first kappa shape index (κ1) is 14.1. The number of aromatic nitrogens is 2. The van der Waals surface area contributed by atoms with E-state index in [9.17, 15) is 0 Å². The van der Waals surface area contributed by atoms with Crippen molar-refractivity contribution >= 4 is 11.6 Å². The summed E-state index contributed by atoms with van der Waals surface area (Å²) in [7, 11) is 0. The quantitative estimate of drug-likeness (QED) is 0.855. The molecule has 0 amide bonds. The van der Waals surface area contributed by atoms with Crippen molar-refractivity contribution in [2.45, 2.75) is 52.4 Å². The Bertz CT molecular complexity index is 405. The third-order valence-electron chi connectivity index (χ3n) is 4.01. The second-order valence-corrected chi connectivity index (χ2v) is 5.80. The summed E-state index contributed by atoms with van der Waals surface area (Å²) >= 11 is 0. The van der Waals surface area contributed by atoms with Crippen LogP contribution in [0, 0.1) is 11.8 Å². The van der Waals surface area contributed by atoms with E-state index < -0.39 is 0 Å². The van der Waals surface area contributed by atoms with Crippen LogP contribution in [0.3, 0.4) is 0 Å². The molecule has 2 unspecified atom stereocenters. The van der Waals surface area contributed by atoms with Gasteiger partial charge in [-0.05, 0) is 24.7 Å². The van der Waals surface area contributed by atoms with Gasteiger partial charge in [-0.3, -0.25) is 0 Å². The number of nitrogens with one attached hydrogen (secondary N) is 1. The first-order chi connectivity index (χ1) is 9.17. The molecule has 4 heteroatoms. The summed E-state index contributed by atoms with van der Waals surface area (Å²) in [4.78, 5) is 8.63. The van der Waals surface area contributed by atoms with Crippen LogP contribution in [-0.4, -0.2) is 16.5 Å². The largest absolute Gasteiger partial charge is 0.384 e. The van der Waals surface area contributed by atoms with Crippen molar-refractivity contribution in [2.24, 2.45) is 11.8 Å². The normalized spacial score (nSPS) is 23.3. The number of aryl methyl sites for hydroxylation is 1. The summed E-state index contributed by atoms with van der Waals surface area (Å²) in [5.41, 5.74) is 5.78. The molecule has 2 atom stereocenters. The highest BCUT2D eigenvalue weighted by atomic mass is 15.0. The van der Waals surface area contributed by atoms with Gasteiger partial charge < -0.3 is 11.1 Å². The zero-order valence-corrected chi connectivity index (χ0v) is 12.2. The van der Waals surface area contributed by atoms with E-state index in [1.807, 2.05) is 13.0 Å². The summed E-state index contributed by atoms with van der Waals surface area (Å²) in [6.45, 7) is 5.40. The highest BCUT2D eigenvalue weighted by Crippen LogP contribution is 2.30. The molecule has 0 aliphatic heterocycles. The van der Waals surface area contributed by atoms with E-state index in [2.05, 4.69) is 22.2 Å². The summed E-state index contributed by atoms with van der Waals surface area (Å²) in [5, 5.41) is 3.39. The van der Waals surface area contributed by atoms with Crippen molar-refractivity contribution in [3.05, 3.63) is 11.9 Å². The second kappa shape index (κ2) is 6.73. The van der Waals surface area contributed by atoms with Crippen molar-refractivity contribution in [3.8, 4) is 0 Å². The van der Waals surface area contributed by atoms with Gasteiger partial charge >= 0.3 is 0 Å². The van der Waals surface area contributed by atoms with Crippen molar-refractivity contribution in [2.75, 3.05) is 17.6 Å². The van der Waals surface area contributed by atoms with E-state index in [0.29, 0.717) is 5.82 Å². The smallest absolute Gasteiger partial charge is 0.132 e. The average molecular weight is 262 g/mol. The molecule has 19 heavy (non-hydrogen) atoms. The first-order valence-corrected chi connectivity index (χ1v) is 7.54. The molecule has 106 valence electrons. The molecule has 1 fully saturated rings. The molecule has 4 nitrogen and oxygen atoms in total. The molecule has 2 rings (SSSR count). The molecule has 1 heterocycles. The number of anilines is 2. The molecular weight excluding hydrogens is 236 g/mol. The van der Waals surface area contributed by atoms with E-state index in [4.69, 9.17) is 5.73 Å². The zero-order chi connectivity index (χ0) is 13.7. The highest BCUT2D eigenvalue weighted by molar-refractivity contribution is 5.44. The number of nitrogens with zero attached hydrogens (tertiary/aromatic N) is 2. The molecule has 1 saturated carbocycles. The Hall–Kier alpha value is -1.32. The van der Waals surface area contributed by atoms with Crippen LogP contribution in [0.1, 0.15) is 51.8 Å². The second-order valence-electron chi connectivity index (χ2n) is 5.80. The van der Waals surface area contributed by atoms with Crippen molar-refractivity contribution < 1.29 is 0 Å². The maximum Gasteiger partial charge on any atom is 0.132 e. The molecule has 1 aliphatic carbocycles. The number of hydrogen-bond donors (Lipinski definition) is 2. The Morgan fingerprint density at radius 2 is 2.21 bits per heavy atom. The van der Waals surface area contributed by atoms with Gasteiger partial charge in [0, 0.05) is 19.0 Å². The van der Waals surface area contributed by atoms with E-state index in [1.54, 1.807) is 0 Å². The van der Waals surface area contributed by atoms with Gasteiger partial charge in [0.05, 0.1) is 0 Å². The van der Waals surface area contributed by atoms with Crippen molar-refractivity contribution in [3.63, 3.8) is 0 Å². The van der Waals surface area contributed by atoms with Gasteiger partial charge in [0.25, 0.3) is 0 Å². The fourth-order valence-electron chi connectivity index (χ4n) is 2.99. The van der Waals surface area contributed by atoms with Crippen LogP contribution in [0.15, 0.2) is 6.07 Å². The molecule has 1 aliphatic rings. The third kappa shape index (κ3) is 4.37. The Morgan fingerprint density at radius 3 is 2.95 bits per heavy atom. The minimum Gasteiger partial charge on any atom is -0.384 e. The Labute approximate surface area is 116 Å². The van der Waals surface area contributed by atoms with E-state index in [-0.39, 0.29) is 0 Å². The molecule has 0 bridgehead atoms. The molecule has 1 aromatic rings. The summed E-state index contributed by atoms with van der Waals surface area (Å²) in [6, 6.07) is 1.82. The Morgan fingerprint density at radius 1 is 1.37 bits per heavy atom.